The van der Waals surface area contributed by atoms with Crippen LogP contribution in [0.5, 0.6) is 5.75 Å². The Balaban J connectivity index is 2.34. The second-order valence-electron chi connectivity index (χ2n) is 6.05. The third-order valence-corrected chi connectivity index (χ3v) is 3.94. The van der Waals surface area contributed by atoms with Crippen LogP contribution in [-0.2, 0) is 11.2 Å². The molecule has 4 nitrogen and oxygen atoms in total. The third kappa shape index (κ3) is 3.06. The van der Waals surface area contributed by atoms with E-state index in [-0.39, 0.29) is 0 Å². The first-order valence-electron chi connectivity index (χ1n) is 7.09. The van der Waals surface area contributed by atoms with Gasteiger partial charge in [-0.1, -0.05) is 0 Å². The summed E-state index contributed by atoms with van der Waals surface area (Å²) in [6.07, 6.45) is 2.91. The van der Waals surface area contributed by atoms with Crippen molar-refractivity contribution in [3.63, 3.8) is 0 Å². The zero-order valence-electron chi connectivity index (χ0n) is 12.5. The highest BCUT2D eigenvalue weighted by atomic mass is 16.5. The lowest BCUT2D eigenvalue weighted by atomic mass is 9.85. The number of nitrogens with zero attached hydrogens (tertiary/aromatic N) is 1. The van der Waals surface area contributed by atoms with Gasteiger partial charge in [-0.2, -0.15) is 0 Å². The molecule has 4 heteroatoms. The van der Waals surface area contributed by atoms with Gasteiger partial charge in [0.05, 0.1) is 12.5 Å². The number of carboxylic acid groups (broad SMARTS) is 1. The van der Waals surface area contributed by atoms with E-state index in [1.165, 1.54) is 12.8 Å². The maximum Gasteiger partial charge on any atom is 0.309 e. The molecular weight excluding hydrogens is 254 g/mol. The molecule has 0 unspecified atom stereocenters. The van der Waals surface area contributed by atoms with Crippen LogP contribution in [0.1, 0.15) is 32.3 Å². The number of benzene rings is 1. The quantitative estimate of drug-likeness (QED) is 0.899. The van der Waals surface area contributed by atoms with Crippen molar-refractivity contribution in [2.75, 3.05) is 25.1 Å². The van der Waals surface area contributed by atoms with Crippen molar-refractivity contribution in [2.24, 2.45) is 5.41 Å². The minimum atomic E-state index is -0.777. The summed E-state index contributed by atoms with van der Waals surface area (Å²) in [4.78, 5) is 13.7. The molecule has 0 bridgehead atoms. The van der Waals surface area contributed by atoms with Gasteiger partial charge in [0.15, 0.2) is 0 Å². The van der Waals surface area contributed by atoms with Crippen molar-refractivity contribution in [1.29, 1.82) is 0 Å². The highest BCUT2D eigenvalue weighted by Crippen LogP contribution is 2.33. The summed E-state index contributed by atoms with van der Waals surface area (Å²) < 4.78 is 5.28. The van der Waals surface area contributed by atoms with E-state index in [0.717, 1.165) is 30.1 Å². The molecule has 0 aromatic heterocycles. The highest BCUT2D eigenvalue weighted by molar-refractivity contribution is 5.74. The van der Waals surface area contributed by atoms with Crippen LogP contribution in [-0.4, -0.2) is 31.3 Å². The standard InChI is InChI=1S/C16H23NO3/c1-16(2,15(18)19)11-12-10-13(20-3)6-7-14(12)17-8-4-5-9-17/h6-7,10H,4-5,8-9,11H2,1-3H3,(H,18,19). The first kappa shape index (κ1) is 14.7. The molecule has 1 aromatic rings. The van der Waals surface area contributed by atoms with Gasteiger partial charge in [-0.25, -0.2) is 0 Å². The molecule has 0 spiro atoms. The zero-order valence-corrected chi connectivity index (χ0v) is 12.5. The van der Waals surface area contributed by atoms with Crippen molar-refractivity contribution in [3.05, 3.63) is 23.8 Å². The Morgan fingerprint density at radius 3 is 2.55 bits per heavy atom. The predicted molar refractivity (Wildman–Crippen MR) is 79.6 cm³/mol. The number of aliphatic carboxylic acids is 1. The number of carboxylic acids is 1. The molecule has 1 fully saturated rings. The van der Waals surface area contributed by atoms with Gasteiger partial charge in [0.1, 0.15) is 5.75 Å². The molecule has 110 valence electrons. The molecule has 20 heavy (non-hydrogen) atoms. The second-order valence-corrected chi connectivity index (χ2v) is 6.05. The van der Waals surface area contributed by atoms with Gasteiger partial charge in [0.25, 0.3) is 0 Å². The van der Waals surface area contributed by atoms with Crippen LogP contribution in [0.3, 0.4) is 0 Å². The molecule has 1 N–H and O–H groups in total. The largest absolute Gasteiger partial charge is 0.497 e. The van der Waals surface area contributed by atoms with Crippen molar-refractivity contribution in [3.8, 4) is 5.75 Å². The van der Waals surface area contributed by atoms with Crippen LogP contribution >= 0.6 is 0 Å². The SMILES string of the molecule is COc1ccc(N2CCCC2)c(CC(C)(C)C(=O)O)c1. The molecule has 1 aromatic carbocycles. The molecule has 0 saturated carbocycles. The average molecular weight is 277 g/mol. The Bertz CT molecular complexity index is 490. The maximum absolute atomic E-state index is 11.4. The minimum absolute atomic E-state index is 0.505. The van der Waals surface area contributed by atoms with Gasteiger partial charge in [-0.05, 0) is 56.9 Å². The fourth-order valence-electron chi connectivity index (χ4n) is 2.65. The van der Waals surface area contributed by atoms with Crippen LogP contribution in [0.25, 0.3) is 0 Å². The van der Waals surface area contributed by atoms with Gasteiger partial charge in [0, 0.05) is 18.8 Å². The number of rotatable bonds is 5. The van der Waals surface area contributed by atoms with E-state index >= 15 is 0 Å². The Kier molecular flexibility index (Phi) is 4.21. The monoisotopic (exact) mass is 277 g/mol. The molecule has 0 atom stereocenters. The van der Waals surface area contributed by atoms with E-state index < -0.39 is 11.4 Å². The van der Waals surface area contributed by atoms with Crippen LogP contribution < -0.4 is 9.64 Å². The Morgan fingerprint density at radius 1 is 1.35 bits per heavy atom. The summed E-state index contributed by atoms with van der Waals surface area (Å²) in [6, 6.07) is 5.97. The first-order valence-corrected chi connectivity index (χ1v) is 7.09. The summed E-state index contributed by atoms with van der Waals surface area (Å²) in [5.41, 5.74) is 1.43. The van der Waals surface area contributed by atoms with Crippen molar-refractivity contribution in [2.45, 2.75) is 33.1 Å². The smallest absolute Gasteiger partial charge is 0.309 e. The van der Waals surface area contributed by atoms with E-state index in [2.05, 4.69) is 11.0 Å². The predicted octanol–water partition coefficient (Wildman–Crippen LogP) is 2.95. The summed E-state index contributed by atoms with van der Waals surface area (Å²) in [6.45, 7) is 5.63. The normalized spacial score (nSPS) is 15.4. The lowest BCUT2D eigenvalue weighted by Gasteiger charge is -2.26. The summed E-state index contributed by atoms with van der Waals surface area (Å²) in [5, 5.41) is 9.34. The maximum atomic E-state index is 11.4. The van der Waals surface area contributed by atoms with Gasteiger partial charge in [0.2, 0.25) is 0 Å². The first-order chi connectivity index (χ1) is 9.44. The summed E-state index contributed by atoms with van der Waals surface area (Å²) in [7, 11) is 1.64. The Hall–Kier alpha value is -1.71. The highest BCUT2D eigenvalue weighted by Gasteiger charge is 2.29. The van der Waals surface area contributed by atoms with E-state index in [4.69, 9.17) is 4.74 Å². The van der Waals surface area contributed by atoms with E-state index in [0.29, 0.717) is 6.42 Å². The molecule has 2 rings (SSSR count). The van der Waals surface area contributed by atoms with Crippen LogP contribution in [0.2, 0.25) is 0 Å². The van der Waals surface area contributed by atoms with Crippen LogP contribution in [0.15, 0.2) is 18.2 Å². The summed E-state index contributed by atoms with van der Waals surface area (Å²) >= 11 is 0. The van der Waals surface area contributed by atoms with Gasteiger partial charge in [-0.15, -0.1) is 0 Å². The average Bonchev–Trinajstić information content (AvgIpc) is 2.91. The topological polar surface area (TPSA) is 49.8 Å². The van der Waals surface area contributed by atoms with Crippen LogP contribution in [0.4, 0.5) is 5.69 Å². The Labute approximate surface area is 120 Å². The molecule has 1 aliphatic heterocycles. The number of hydrogen-bond acceptors (Lipinski definition) is 3. The number of ether oxygens (including phenoxy) is 1. The molecular formula is C16H23NO3. The van der Waals surface area contributed by atoms with E-state index in [9.17, 15) is 9.90 Å². The molecule has 1 heterocycles. The van der Waals surface area contributed by atoms with E-state index in [1.54, 1.807) is 21.0 Å². The number of anilines is 1. The second kappa shape index (κ2) is 5.73. The molecule has 0 radical (unpaired) electrons. The number of carbonyl (C=O) groups is 1. The lowest BCUT2D eigenvalue weighted by molar-refractivity contribution is -0.146. The number of hydrogen-bond donors (Lipinski definition) is 1. The van der Waals surface area contributed by atoms with Crippen molar-refractivity contribution < 1.29 is 14.6 Å². The fraction of sp³-hybridized carbons (Fsp3) is 0.562. The van der Waals surface area contributed by atoms with Gasteiger partial charge >= 0.3 is 5.97 Å². The molecule has 0 amide bonds. The zero-order chi connectivity index (χ0) is 14.8. The van der Waals surface area contributed by atoms with Gasteiger partial charge in [-0.3, -0.25) is 4.79 Å². The van der Waals surface area contributed by atoms with E-state index in [1.807, 2.05) is 12.1 Å². The van der Waals surface area contributed by atoms with Gasteiger partial charge < -0.3 is 14.7 Å². The lowest BCUT2D eigenvalue weighted by Crippen LogP contribution is -2.28. The molecule has 1 aliphatic rings. The molecule has 1 saturated heterocycles. The minimum Gasteiger partial charge on any atom is -0.497 e. The van der Waals surface area contributed by atoms with Crippen molar-refractivity contribution >= 4 is 11.7 Å². The Morgan fingerprint density at radius 2 is 2.00 bits per heavy atom. The summed E-state index contributed by atoms with van der Waals surface area (Å²) in [5.74, 6) is 0.0110. The fourth-order valence-corrected chi connectivity index (χ4v) is 2.65. The number of methoxy groups -OCH3 is 1. The van der Waals surface area contributed by atoms with Crippen molar-refractivity contribution in [1.82, 2.24) is 0 Å². The third-order valence-electron chi connectivity index (χ3n) is 3.94. The van der Waals surface area contributed by atoms with Crippen LogP contribution in [0, 0.1) is 5.41 Å². The molecule has 0 aliphatic carbocycles.